The quantitative estimate of drug-likeness (QED) is 0.0412. The molecule has 8 aromatic rings. The fourth-order valence-electron chi connectivity index (χ4n) is 15.7. The normalized spacial score (nSPS) is 16.8. The third-order valence-corrected chi connectivity index (χ3v) is 33.0. The van der Waals surface area contributed by atoms with Gasteiger partial charge in [0.1, 0.15) is 23.2 Å². The zero-order valence-electron chi connectivity index (χ0n) is 63.8. The Morgan fingerprint density at radius 1 is 0.531 bits per heavy atom. The lowest BCUT2D eigenvalue weighted by molar-refractivity contribution is -0.286. The molecule has 0 aliphatic carbocycles. The molecule has 0 radical (unpaired) electrons. The van der Waals surface area contributed by atoms with Crippen molar-refractivity contribution in [2.45, 2.75) is 173 Å². The molecule has 602 valence electrons. The first-order valence-corrected chi connectivity index (χ1v) is 45.9. The van der Waals surface area contributed by atoms with Crippen LogP contribution in [0.2, 0.25) is 5.02 Å². The van der Waals surface area contributed by atoms with Crippen molar-refractivity contribution in [2.75, 3.05) is 54.5 Å². The van der Waals surface area contributed by atoms with E-state index >= 15 is 16.8 Å². The van der Waals surface area contributed by atoms with Crippen molar-refractivity contribution >= 4 is 89.6 Å². The molecule has 33 heteroatoms. The molecule has 4 aliphatic heterocycles. The SMILES string of the molecule is C=C(N=C/C=C\C)N(C1CCN(S(=O)(=O)c2ccc3c(c2)OC(F)(F)O3)CC1)S(=O)(=O)c1c(C)cc(C)cc1CCOc1ccc(S(=O)(=O)N2CCC(N(c3ccccn3)S(=O)(=O)c3c(C)cc(C)cc3CCCc3ccc(S(=O)(=O)N4CCC(N(c5ccccn5)S(=O)(=O)c5c(C)cc(C)cc5C)CC4)cc3)CC2)cc1Cl. The second kappa shape index (κ2) is 33.6. The first-order chi connectivity index (χ1) is 53.4. The summed E-state index contributed by atoms with van der Waals surface area (Å²) in [5.74, 6) is -0.394. The number of allylic oxidation sites excluding steroid dienone is 2. The molecule has 6 heterocycles. The van der Waals surface area contributed by atoms with Crippen LogP contribution in [0.15, 0.2) is 205 Å². The average molecular weight is 1680 g/mol. The van der Waals surface area contributed by atoms with Gasteiger partial charge in [-0.05, 0) is 225 Å². The first kappa shape index (κ1) is 83.7. The predicted molar refractivity (Wildman–Crippen MR) is 429 cm³/mol. The van der Waals surface area contributed by atoms with Crippen molar-refractivity contribution in [2.24, 2.45) is 4.99 Å². The number of alkyl halides is 2. The number of nitrogens with zero attached hydrogens (tertiary/aromatic N) is 9. The van der Waals surface area contributed by atoms with Crippen LogP contribution in [0.25, 0.3) is 0 Å². The minimum absolute atomic E-state index is 0.00416. The zero-order valence-corrected chi connectivity index (χ0v) is 69.4. The minimum atomic E-state index is -4.54. The maximum Gasteiger partial charge on any atom is 0.586 e. The summed E-state index contributed by atoms with van der Waals surface area (Å²) in [5.41, 5.74) is 6.40. The number of ether oxygens (including phenoxy) is 3. The summed E-state index contributed by atoms with van der Waals surface area (Å²) in [6, 6.07) is 32.4. The van der Waals surface area contributed by atoms with Gasteiger partial charge >= 0.3 is 6.29 Å². The molecular formula is C80H90ClF2N9O15S6. The molecular weight excluding hydrogens is 1590 g/mol. The Labute approximate surface area is 666 Å². The Bertz CT molecular complexity index is 5690. The van der Waals surface area contributed by atoms with E-state index in [2.05, 4.69) is 31.0 Å². The molecule has 24 nitrogen and oxygen atoms in total. The highest BCUT2D eigenvalue weighted by atomic mass is 35.5. The van der Waals surface area contributed by atoms with E-state index < -0.39 is 90.3 Å². The number of pyridine rings is 2. The standard InChI is InChI=1S/C80H90ClF2N9O15S6/c1-10-11-36-84-61(9)90(65-29-39-89(40-30-65)110(97,98)70-26-28-73-74(53-70)107-80(82,83)106-73)112(101,102)79-60(8)49-56(4)51-64(79)35-45-105-72-27-25-69(52-71(72)81)109(95,96)88-43-33-67(34-44-88)92(76-20-13-15-38-86-76)113(103,104)78-59(7)48-55(3)50-63(78)18-16-17-62-21-23-68(24-22-62)108(93,94)87-41-31-66(32-42-87)91(75-19-12-14-37-85-75)111(99,100)77-57(5)46-54(2)47-58(77)6/h10-15,19-28,36-38,46-53,65-67H,9,16-18,29-35,39-45H2,1-8H3/b11-10-,84-36?. The number of sulfonamides is 6. The molecule has 0 N–H and O–H groups in total. The van der Waals surface area contributed by atoms with E-state index in [1.165, 1.54) is 54.0 Å². The van der Waals surface area contributed by atoms with E-state index in [4.69, 9.17) is 16.3 Å². The number of fused-ring (bicyclic) bond motifs is 1. The fraction of sp³-hybridized carbons (Fsp3) is 0.362. The Hall–Kier alpha value is -8.70. The van der Waals surface area contributed by atoms with E-state index in [9.17, 15) is 42.5 Å². The van der Waals surface area contributed by atoms with Crippen molar-refractivity contribution < 1.29 is 73.5 Å². The van der Waals surface area contributed by atoms with Crippen LogP contribution in [-0.2, 0) is 79.4 Å². The molecule has 4 aliphatic rings. The maximum atomic E-state index is 15.6. The molecule has 12 rings (SSSR count). The topological polar surface area (TPSA) is 290 Å². The van der Waals surface area contributed by atoms with Gasteiger partial charge < -0.3 is 14.2 Å². The number of anilines is 2. The average Bonchev–Trinajstić information content (AvgIpc) is 1.05. The largest absolute Gasteiger partial charge is 0.586 e. The summed E-state index contributed by atoms with van der Waals surface area (Å²) in [6.07, 6.45) is 5.66. The Morgan fingerprint density at radius 2 is 0.965 bits per heavy atom. The number of hydrogen-bond donors (Lipinski definition) is 0. The van der Waals surface area contributed by atoms with Crippen LogP contribution in [-0.4, -0.2) is 154 Å². The van der Waals surface area contributed by atoms with Crippen LogP contribution in [0.5, 0.6) is 17.2 Å². The molecule has 0 bridgehead atoms. The van der Waals surface area contributed by atoms with E-state index in [-0.39, 0.29) is 154 Å². The third-order valence-electron chi connectivity index (χ3n) is 20.6. The van der Waals surface area contributed by atoms with Crippen molar-refractivity contribution in [3.05, 3.63) is 231 Å². The van der Waals surface area contributed by atoms with Crippen molar-refractivity contribution in [1.82, 2.24) is 27.2 Å². The Morgan fingerprint density at radius 3 is 1.46 bits per heavy atom. The lowest BCUT2D eigenvalue weighted by Crippen LogP contribution is -2.49. The molecule has 3 fully saturated rings. The number of rotatable bonds is 28. The molecule has 3 saturated heterocycles. The van der Waals surface area contributed by atoms with Crippen LogP contribution in [0, 0.1) is 48.5 Å². The lowest BCUT2D eigenvalue weighted by atomic mass is 10.0. The monoisotopic (exact) mass is 1680 g/mol. The summed E-state index contributed by atoms with van der Waals surface area (Å²) < 4.78 is 227. The molecule has 113 heavy (non-hydrogen) atoms. The van der Waals surface area contributed by atoms with Gasteiger partial charge in [-0.15, -0.1) is 8.78 Å². The van der Waals surface area contributed by atoms with Gasteiger partial charge in [0.2, 0.25) is 30.1 Å². The van der Waals surface area contributed by atoms with Gasteiger partial charge in [-0.25, -0.2) is 78.4 Å². The zero-order chi connectivity index (χ0) is 81.3. The van der Waals surface area contributed by atoms with Gasteiger partial charge in [0.15, 0.2) is 11.5 Å². The summed E-state index contributed by atoms with van der Waals surface area (Å²) >= 11 is 6.83. The molecule has 6 aromatic carbocycles. The van der Waals surface area contributed by atoms with Crippen LogP contribution < -0.4 is 22.8 Å². The highest BCUT2D eigenvalue weighted by Crippen LogP contribution is 2.44. The summed E-state index contributed by atoms with van der Waals surface area (Å²) in [4.78, 5) is 13.2. The number of benzene rings is 6. The lowest BCUT2D eigenvalue weighted by Gasteiger charge is -2.38. The van der Waals surface area contributed by atoms with Crippen LogP contribution >= 0.6 is 11.6 Å². The van der Waals surface area contributed by atoms with Gasteiger partial charge in [0.25, 0.3) is 30.1 Å². The van der Waals surface area contributed by atoms with Crippen molar-refractivity contribution in [3.8, 4) is 17.2 Å². The van der Waals surface area contributed by atoms with E-state index in [0.29, 0.717) is 52.6 Å². The van der Waals surface area contributed by atoms with Crippen molar-refractivity contribution in [3.63, 3.8) is 0 Å². The molecule has 0 spiro atoms. The number of halogens is 3. The molecule has 2 aromatic heterocycles. The number of aryl methyl sites for hydroxylation is 9. The highest BCUT2D eigenvalue weighted by molar-refractivity contribution is 7.93. The van der Waals surface area contributed by atoms with Gasteiger partial charge in [0.05, 0.1) is 41.0 Å². The van der Waals surface area contributed by atoms with Crippen LogP contribution in [0.1, 0.15) is 108 Å². The second-order valence-corrected chi connectivity index (χ2v) is 40.2. The Balaban J connectivity index is 0.683. The summed E-state index contributed by atoms with van der Waals surface area (Å²) in [5, 5.41) is -0.0540. The molecule has 0 amide bonds. The predicted octanol–water partition coefficient (Wildman–Crippen LogP) is 13.5. The smallest absolute Gasteiger partial charge is 0.492 e. The fourth-order valence-corrected chi connectivity index (χ4v) is 26.7. The number of hydrogen-bond acceptors (Lipinski definition) is 18. The van der Waals surface area contributed by atoms with Gasteiger partial charge in [-0.3, -0.25) is 0 Å². The van der Waals surface area contributed by atoms with E-state index in [1.54, 1.807) is 133 Å². The van der Waals surface area contributed by atoms with Crippen LogP contribution in [0.4, 0.5) is 20.4 Å². The summed E-state index contributed by atoms with van der Waals surface area (Å²) in [7, 11) is -25.6. The van der Waals surface area contributed by atoms with Crippen LogP contribution in [0.3, 0.4) is 0 Å². The third kappa shape index (κ3) is 17.8. The molecule has 0 saturated carbocycles. The number of aromatic nitrogens is 2. The van der Waals surface area contributed by atoms with Gasteiger partial charge in [0, 0.05) is 88.5 Å². The maximum absolute atomic E-state index is 15.6. The van der Waals surface area contributed by atoms with E-state index in [1.807, 2.05) is 32.0 Å². The minimum Gasteiger partial charge on any atom is -0.492 e. The molecule has 0 atom stereocenters. The number of aliphatic imine (C=N–C) groups is 1. The first-order valence-electron chi connectivity index (χ1n) is 36.9. The second-order valence-electron chi connectivity index (χ2n) is 28.7. The van der Waals surface area contributed by atoms with Gasteiger partial charge in [-0.2, -0.15) is 12.9 Å². The van der Waals surface area contributed by atoms with E-state index in [0.717, 1.165) is 49.1 Å². The highest BCUT2D eigenvalue weighted by Gasteiger charge is 2.46. The Kier molecular flexibility index (Phi) is 24.9. The molecule has 0 unspecified atom stereocenters. The van der Waals surface area contributed by atoms with Crippen molar-refractivity contribution in [1.29, 1.82) is 0 Å². The number of piperidine rings is 3. The summed E-state index contributed by atoms with van der Waals surface area (Å²) in [6.45, 7) is 17.9. The van der Waals surface area contributed by atoms with Gasteiger partial charge in [-0.1, -0.05) is 102 Å².